The number of hydrogen-bond donors (Lipinski definition) is 0. The van der Waals surface area contributed by atoms with Crippen LogP contribution in [0.2, 0.25) is 0 Å². The maximum absolute atomic E-state index is 11.0. The molecule has 1 heterocycles. The fraction of sp³-hybridized carbons (Fsp3) is 0.700. The lowest BCUT2D eigenvalue weighted by Crippen LogP contribution is -2.37. The van der Waals surface area contributed by atoms with Crippen molar-refractivity contribution >= 4 is 0 Å². The predicted octanol–water partition coefficient (Wildman–Crippen LogP) is 0.798. The zero-order chi connectivity index (χ0) is 12.3. The van der Waals surface area contributed by atoms with Crippen molar-refractivity contribution in [2.75, 3.05) is 0 Å². The van der Waals surface area contributed by atoms with Crippen molar-refractivity contribution in [3.8, 4) is 6.07 Å². The minimum Gasteiger partial charge on any atom is -0.358 e. The summed E-state index contributed by atoms with van der Waals surface area (Å²) in [7, 11) is 0. The van der Waals surface area contributed by atoms with Crippen LogP contribution in [0, 0.1) is 16.5 Å². The second-order valence-electron chi connectivity index (χ2n) is 4.20. The van der Waals surface area contributed by atoms with Crippen LogP contribution < -0.4 is 4.90 Å². The van der Waals surface area contributed by atoms with Gasteiger partial charge in [0, 0.05) is 17.2 Å². The summed E-state index contributed by atoms with van der Waals surface area (Å²) in [4.78, 5) is 2.27. The van der Waals surface area contributed by atoms with Crippen LogP contribution in [-0.4, -0.2) is 22.1 Å². The van der Waals surface area contributed by atoms with Gasteiger partial charge in [0.2, 0.25) is 0 Å². The highest BCUT2D eigenvalue weighted by Crippen LogP contribution is 2.11. The maximum atomic E-state index is 11.0. The lowest BCUT2D eigenvalue weighted by molar-refractivity contribution is -0.804. The highest BCUT2D eigenvalue weighted by atomic mass is 16.8. The molecule has 0 saturated carbocycles. The third-order valence-electron chi connectivity index (χ3n) is 2.45. The Bertz CT molecular complexity index is 384. The molecule has 0 aromatic carbocycles. The highest BCUT2D eigenvalue weighted by Gasteiger charge is 2.24. The lowest BCUT2D eigenvalue weighted by atomic mass is 10.2. The summed E-state index contributed by atoms with van der Waals surface area (Å²) < 4.78 is 4.41. The first-order chi connectivity index (χ1) is 7.47. The molecule has 1 aromatic heterocycles. The maximum Gasteiger partial charge on any atom is 0.299 e. The minimum atomic E-state index is -0.0636. The topological polar surface area (TPSA) is 80.0 Å². The minimum absolute atomic E-state index is 0.0636. The van der Waals surface area contributed by atoms with Crippen LogP contribution in [0.15, 0.2) is 4.63 Å². The van der Waals surface area contributed by atoms with E-state index in [4.69, 9.17) is 5.26 Å². The fourth-order valence-electron chi connectivity index (χ4n) is 1.62. The van der Waals surface area contributed by atoms with E-state index in [0.717, 1.165) is 0 Å². The van der Waals surface area contributed by atoms with Gasteiger partial charge in [0.15, 0.2) is 6.07 Å². The van der Waals surface area contributed by atoms with Crippen molar-refractivity contribution in [1.82, 2.24) is 10.1 Å². The Morgan fingerprint density at radius 1 is 1.44 bits per heavy atom. The van der Waals surface area contributed by atoms with Gasteiger partial charge in [0.25, 0.3) is 11.4 Å². The van der Waals surface area contributed by atoms with E-state index >= 15 is 0 Å². The van der Waals surface area contributed by atoms with Crippen molar-refractivity contribution < 1.29 is 9.53 Å². The third kappa shape index (κ3) is 2.49. The number of rotatable bonds is 4. The van der Waals surface area contributed by atoms with Gasteiger partial charge in [0.1, 0.15) is 0 Å². The molecule has 0 spiro atoms. The Labute approximate surface area is 94.6 Å². The predicted molar refractivity (Wildman–Crippen MR) is 56.0 cm³/mol. The van der Waals surface area contributed by atoms with Crippen LogP contribution in [0.25, 0.3) is 0 Å². The molecule has 0 fully saturated rings. The molecule has 6 heteroatoms. The Morgan fingerprint density at radius 2 is 2.00 bits per heavy atom. The largest absolute Gasteiger partial charge is 0.358 e. The van der Waals surface area contributed by atoms with Crippen LogP contribution in [-0.2, 0) is 6.54 Å². The van der Waals surface area contributed by atoms with E-state index in [9.17, 15) is 5.21 Å². The molecule has 16 heavy (non-hydrogen) atoms. The van der Waals surface area contributed by atoms with Crippen LogP contribution >= 0.6 is 0 Å². The third-order valence-corrected chi connectivity index (χ3v) is 2.45. The molecule has 0 saturated heterocycles. The van der Waals surface area contributed by atoms with Crippen LogP contribution in [0.5, 0.6) is 0 Å². The summed E-state index contributed by atoms with van der Waals surface area (Å²) in [6, 6.07) is 2.41. The second kappa shape index (κ2) is 4.94. The van der Waals surface area contributed by atoms with Crippen molar-refractivity contribution in [3.05, 3.63) is 16.6 Å². The molecular weight excluding hydrogens is 208 g/mol. The summed E-state index contributed by atoms with van der Waals surface area (Å²) in [5, 5.41) is 23.4. The summed E-state index contributed by atoms with van der Waals surface area (Å²) in [5.74, 6) is 0. The second-order valence-corrected chi connectivity index (χ2v) is 4.20. The summed E-state index contributed by atoms with van der Waals surface area (Å²) in [6.07, 6.45) is 0. The number of nitriles is 1. The van der Waals surface area contributed by atoms with Gasteiger partial charge in [-0.3, -0.25) is 9.53 Å². The zero-order valence-electron chi connectivity index (χ0n) is 9.97. The molecule has 0 aliphatic carbocycles. The zero-order valence-corrected chi connectivity index (χ0v) is 9.97. The molecule has 1 aromatic rings. The van der Waals surface area contributed by atoms with Gasteiger partial charge in [-0.15, -0.1) is 0 Å². The van der Waals surface area contributed by atoms with Gasteiger partial charge in [-0.05, 0) is 32.6 Å². The Kier molecular flexibility index (Phi) is 3.85. The number of nitrogens with zero attached hydrogens (tertiary/aromatic N) is 4. The molecular formula is C10H16N4O2. The summed E-state index contributed by atoms with van der Waals surface area (Å²) in [5.41, 5.74) is 0.325. The molecule has 0 unspecified atom stereocenters. The Hall–Kier alpha value is -1.61. The smallest absolute Gasteiger partial charge is 0.299 e. The lowest BCUT2D eigenvalue weighted by Gasteiger charge is -2.28. The molecule has 88 valence electrons. The van der Waals surface area contributed by atoms with Gasteiger partial charge < -0.3 is 5.21 Å². The highest BCUT2D eigenvalue weighted by molar-refractivity contribution is 5.19. The molecule has 0 aliphatic rings. The van der Waals surface area contributed by atoms with Crippen molar-refractivity contribution in [2.45, 2.75) is 46.3 Å². The summed E-state index contributed by atoms with van der Waals surface area (Å²) in [6.45, 7) is 8.65. The van der Waals surface area contributed by atoms with Crippen molar-refractivity contribution in [3.63, 3.8) is 0 Å². The van der Waals surface area contributed by atoms with E-state index in [1.807, 2.05) is 0 Å². The molecule has 6 nitrogen and oxygen atoms in total. The van der Waals surface area contributed by atoms with Gasteiger partial charge >= 0.3 is 0 Å². The molecule has 0 bridgehead atoms. The molecule has 0 amide bonds. The average molecular weight is 224 g/mol. The van der Waals surface area contributed by atoms with Crippen LogP contribution in [0.1, 0.15) is 39.1 Å². The number of hydrogen-bond acceptors (Lipinski definition) is 5. The summed E-state index contributed by atoms with van der Waals surface area (Å²) >= 11 is 0. The monoisotopic (exact) mass is 224 g/mol. The molecule has 0 atom stereocenters. The first kappa shape index (κ1) is 12.5. The standard InChI is InChI=1S/C10H16N4O2/c1-7(2)13(8(3)4)6-9-10(5-11)14(15)16-12-9/h7-8H,6H2,1-4H3. The SMILES string of the molecule is CC(C)N(Cc1no[n+]([O-])c1C#N)C(C)C. The van der Waals surface area contributed by atoms with Gasteiger partial charge in [0.05, 0.1) is 6.54 Å². The Balaban J connectivity index is 2.90. The normalized spacial score (nSPS) is 11.4. The Morgan fingerprint density at radius 3 is 2.44 bits per heavy atom. The van der Waals surface area contributed by atoms with E-state index in [1.54, 1.807) is 6.07 Å². The molecule has 0 aliphatic heterocycles. The van der Waals surface area contributed by atoms with Gasteiger partial charge in [-0.2, -0.15) is 5.26 Å². The van der Waals surface area contributed by atoms with E-state index in [-0.39, 0.29) is 10.6 Å². The first-order valence-electron chi connectivity index (χ1n) is 5.21. The van der Waals surface area contributed by atoms with E-state index in [2.05, 4.69) is 42.4 Å². The van der Waals surface area contributed by atoms with Crippen molar-refractivity contribution in [1.29, 1.82) is 5.26 Å². The van der Waals surface area contributed by atoms with Crippen LogP contribution in [0.4, 0.5) is 0 Å². The van der Waals surface area contributed by atoms with Crippen molar-refractivity contribution in [2.24, 2.45) is 0 Å². The van der Waals surface area contributed by atoms with E-state index < -0.39 is 0 Å². The molecule has 1 rings (SSSR count). The molecule has 0 N–H and O–H groups in total. The van der Waals surface area contributed by atoms with Gasteiger partial charge in [-0.25, -0.2) is 0 Å². The van der Waals surface area contributed by atoms with E-state index in [0.29, 0.717) is 24.3 Å². The fourth-order valence-corrected chi connectivity index (χ4v) is 1.62. The first-order valence-corrected chi connectivity index (χ1v) is 5.21. The quantitative estimate of drug-likeness (QED) is 0.706. The van der Waals surface area contributed by atoms with Crippen LogP contribution in [0.3, 0.4) is 0 Å². The molecule has 0 radical (unpaired) electrons. The van der Waals surface area contributed by atoms with Gasteiger partial charge in [-0.1, -0.05) is 0 Å². The number of aromatic nitrogens is 2. The average Bonchev–Trinajstić information content (AvgIpc) is 2.54. The van der Waals surface area contributed by atoms with E-state index in [1.165, 1.54) is 0 Å².